The van der Waals surface area contributed by atoms with Gasteiger partial charge in [0.2, 0.25) is 0 Å². The topological polar surface area (TPSA) is 15.6 Å². The number of hydrogen-bond donors (Lipinski definition) is 0. The van der Waals surface area contributed by atoms with Gasteiger partial charge in [0.15, 0.2) is 0 Å². The van der Waals surface area contributed by atoms with Crippen LogP contribution in [0.2, 0.25) is 0 Å². The normalized spacial score (nSPS) is 11.8. The van der Waals surface area contributed by atoms with Crippen LogP contribution in [0, 0.1) is 5.82 Å². The van der Waals surface area contributed by atoms with Gasteiger partial charge in [0.05, 0.1) is 12.3 Å². The summed E-state index contributed by atoms with van der Waals surface area (Å²) in [6, 6.07) is 17.0. The summed E-state index contributed by atoms with van der Waals surface area (Å²) in [4.78, 5) is 0. The predicted octanol–water partition coefficient (Wildman–Crippen LogP) is 4.46. The molecule has 0 radical (unpaired) electrons. The Morgan fingerprint density at radius 1 is 1.10 bits per heavy atom. The molecule has 110 valence electrons. The fourth-order valence-corrected chi connectivity index (χ4v) is 2.09. The summed E-state index contributed by atoms with van der Waals surface area (Å²) in [5.41, 5.74) is 2.98. The second kappa shape index (κ2) is 7.02. The van der Waals surface area contributed by atoms with E-state index in [1.807, 2.05) is 48.3 Å². The van der Waals surface area contributed by atoms with Crippen molar-refractivity contribution in [3.63, 3.8) is 0 Å². The molecule has 21 heavy (non-hydrogen) atoms. The molecule has 0 heterocycles. The van der Waals surface area contributed by atoms with Gasteiger partial charge >= 0.3 is 0 Å². The number of halogens is 1. The lowest BCUT2D eigenvalue weighted by Crippen LogP contribution is -2.26. The van der Waals surface area contributed by atoms with Crippen LogP contribution in [0.1, 0.15) is 31.9 Å². The highest BCUT2D eigenvalue weighted by atomic mass is 19.1. The summed E-state index contributed by atoms with van der Waals surface area (Å²) < 4.78 is 13.3. The van der Waals surface area contributed by atoms with Gasteiger partial charge in [-0.25, -0.2) is 4.39 Å². The molecule has 0 bridgehead atoms. The predicted molar refractivity (Wildman–Crippen MR) is 85.7 cm³/mol. The fraction of sp³-hybridized carbons (Fsp3) is 0.278. The zero-order valence-electron chi connectivity index (χ0n) is 12.8. The molecule has 2 aromatic rings. The molecule has 0 aliphatic rings. The number of hydrazone groups is 1. The molecule has 0 unspecified atom stereocenters. The van der Waals surface area contributed by atoms with Crippen LogP contribution < -0.4 is 0 Å². The first kappa shape index (κ1) is 15.2. The smallest absolute Gasteiger partial charge is 0.123 e. The first-order chi connectivity index (χ1) is 10.1. The van der Waals surface area contributed by atoms with Gasteiger partial charge in [-0.3, -0.25) is 5.01 Å². The minimum Gasteiger partial charge on any atom is -0.290 e. The molecule has 0 amide bonds. The van der Waals surface area contributed by atoms with E-state index in [9.17, 15) is 4.39 Å². The minimum atomic E-state index is -0.208. The van der Waals surface area contributed by atoms with Crippen molar-refractivity contribution in [2.45, 2.75) is 33.4 Å². The Kier molecular flexibility index (Phi) is 5.09. The van der Waals surface area contributed by atoms with E-state index in [1.165, 1.54) is 6.07 Å². The molecule has 2 nitrogen and oxygen atoms in total. The second-order valence-electron chi connectivity index (χ2n) is 5.37. The van der Waals surface area contributed by atoms with E-state index in [-0.39, 0.29) is 11.9 Å². The van der Waals surface area contributed by atoms with Gasteiger partial charge < -0.3 is 0 Å². The van der Waals surface area contributed by atoms with Crippen molar-refractivity contribution >= 4 is 5.71 Å². The van der Waals surface area contributed by atoms with E-state index in [0.29, 0.717) is 6.54 Å². The monoisotopic (exact) mass is 284 g/mol. The highest BCUT2D eigenvalue weighted by molar-refractivity contribution is 5.98. The first-order valence-electron chi connectivity index (χ1n) is 7.18. The lowest BCUT2D eigenvalue weighted by Gasteiger charge is -2.24. The largest absolute Gasteiger partial charge is 0.290 e. The van der Waals surface area contributed by atoms with Crippen LogP contribution in [0.3, 0.4) is 0 Å². The van der Waals surface area contributed by atoms with Gasteiger partial charge in [0.25, 0.3) is 0 Å². The Morgan fingerprint density at radius 3 is 2.43 bits per heavy atom. The molecule has 0 N–H and O–H groups in total. The Balaban J connectivity index is 2.20. The highest BCUT2D eigenvalue weighted by Crippen LogP contribution is 2.12. The molecular weight excluding hydrogens is 263 g/mol. The summed E-state index contributed by atoms with van der Waals surface area (Å²) in [5.74, 6) is -0.208. The maximum atomic E-state index is 13.3. The van der Waals surface area contributed by atoms with Crippen LogP contribution in [-0.4, -0.2) is 16.8 Å². The molecule has 0 atom stereocenters. The SMILES string of the molecule is C/C(=N\N(Cc1cccc(F)c1)C(C)C)c1ccccc1. The Bertz CT molecular complexity index is 606. The molecule has 0 aromatic heterocycles. The molecule has 3 heteroatoms. The maximum absolute atomic E-state index is 13.3. The lowest BCUT2D eigenvalue weighted by atomic mass is 10.1. The zero-order chi connectivity index (χ0) is 15.2. The van der Waals surface area contributed by atoms with Crippen molar-refractivity contribution in [2.75, 3.05) is 0 Å². The molecule has 2 aromatic carbocycles. The number of hydrogen-bond acceptors (Lipinski definition) is 2. The summed E-state index contributed by atoms with van der Waals surface area (Å²) in [6.45, 7) is 6.76. The van der Waals surface area contributed by atoms with Crippen LogP contribution in [0.5, 0.6) is 0 Å². The molecule has 0 saturated heterocycles. The van der Waals surface area contributed by atoms with Crippen molar-refractivity contribution in [3.05, 3.63) is 71.5 Å². The summed E-state index contributed by atoms with van der Waals surface area (Å²) in [6.07, 6.45) is 0. The fourth-order valence-electron chi connectivity index (χ4n) is 2.09. The zero-order valence-corrected chi connectivity index (χ0v) is 12.8. The Morgan fingerprint density at radius 2 is 1.81 bits per heavy atom. The van der Waals surface area contributed by atoms with Crippen LogP contribution in [-0.2, 0) is 6.54 Å². The van der Waals surface area contributed by atoms with E-state index < -0.39 is 0 Å². The third-order valence-electron chi connectivity index (χ3n) is 3.30. The molecule has 0 aliphatic carbocycles. The van der Waals surface area contributed by atoms with E-state index >= 15 is 0 Å². The van der Waals surface area contributed by atoms with Crippen molar-refractivity contribution < 1.29 is 4.39 Å². The maximum Gasteiger partial charge on any atom is 0.123 e. The summed E-state index contributed by atoms with van der Waals surface area (Å²) >= 11 is 0. The summed E-state index contributed by atoms with van der Waals surface area (Å²) in [7, 11) is 0. The highest BCUT2D eigenvalue weighted by Gasteiger charge is 2.09. The van der Waals surface area contributed by atoms with Crippen molar-refractivity contribution in [1.29, 1.82) is 0 Å². The quantitative estimate of drug-likeness (QED) is 0.584. The van der Waals surface area contributed by atoms with Crippen molar-refractivity contribution in [1.82, 2.24) is 5.01 Å². The van der Waals surface area contributed by atoms with Gasteiger partial charge in [-0.1, -0.05) is 42.5 Å². The number of benzene rings is 2. The van der Waals surface area contributed by atoms with Crippen LogP contribution in [0.4, 0.5) is 4.39 Å². The number of rotatable bonds is 5. The van der Waals surface area contributed by atoms with Gasteiger partial charge in [0.1, 0.15) is 5.82 Å². The van der Waals surface area contributed by atoms with Crippen LogP contribution in [0.15, 0.2) is 59.7 Å². The third-order valence-corrected chi connectivity index (χ3v) is 3.30. The average molecular weight is 284 g/mol. The standard InChI is InChI=1S/C18H21FN2/c1-14(2)21(13-16-8-7-11-18(19)12-16)20-15(3)17-9-5-4-6-10-17/h4-12,14H,13H2,1-3H3/b20-15+. The number of nitrogens with zero attached hydrogens (tertiary/aromatic N) is 2. The Hall–Kier alpha value is -2.16. The Labute approximate surface area is 125 Å². The molecule has 2 rings (SSSR count). The lowest BCUT2D eigenvalue weighted by molar-refractivity contribution is 0.223. The molecule has 0 saturated carbocycles. The second-order valence-corrected chi connectivity index (χ2v) is 5.37. The minimum absolute atomic E-state index is 0.208. The van der Waals surface area contributed by atoms with Crippen LogP contribution >= 0.6 is 0 Å². The van der Waals surface area contributed by atoms with Crippen LogP contribution in [0.25, 0.3) is 0 Å². The van der Waals surface area contributed by atoms with Gasteiger partial charge in [-0.2, -0.15) is 5.10 Å². The molecule has 0 spiro atoms. The van der Waals surface area contributed by atoms with Gasteiger partial charge in [-0.05, 0) is 44.0 Å². The molecule has 0 aliphatic heterocycles. The molecular formula is C18H21FN2. The first-order valence-corrected chi connectivity index (χ1v) is 7.18. The van der Waals surface area contributed by atoms with E-state index in [1.54, 1.807) is 12.1 Å². The van der Waals surface area contributed by atoms with Gasteiger partial charge in [-0.15, -0.1) is 0 Å². The van der Waals surface area contributed by atoms with Crippen molar-refractivity contribution in [2.24, 2.45) is 5.10 Å². The van der Waals surface area contributed by atoms with E-state index in [2.05, 4.69) is 13.8 Å². The molecule has 0 fully saturated rings. The van der Waals surface area contributed by atoms with E-state index in [0.717, 1.165) is 16.8 Å². The van der Waals surface area contributed by atoms with Gasteiger partial charge in [0, 0.05) is 6.04 Å². The average Bonchev–Trinajstić information content (AvgIpc) is 2.47. The van der Waals surface area contributed by atoms with E-state index in [4.69, 9.17) is 5.10 Å². The van der Waals surface area contributed by atoms with Crippen molar-refractivity contribution in [3.8, 4) is 0 Å². The third kappa shape index (κ3) is 4.42. The summed E-state index contributed by atoms with van der Waals surface area (Å²) in [5, 5.41) is 6.68.